The summed E-state index contributed by atoms with van der Waals surface area (Å²) < 4.78 is 17.9. The first-order valence-electron chi connectivity index (χ1n) is 7.09. The van der Waals surface area contributed by atoms with Crippen molar-refractivity contribution in [3.63, 3.8) is 0 Å². The van der Waals surface area contributed by atoms with Crippen LogP contribution in [-0.4, -0.2) is 29.4 Å². The monoisotopic (exact) mass is 328 g/mol. The van der Waals surface area contributed by atoms with Crippen molar-refractivity contribution >= 4 is 8.38 Å². The van der Waals surface area contributed by atoms with Gasteiger partial charge < -0.3 is 13.8 Å². The summed E-state index contributed by atoms with van der Waals surface area (Å²) in [6.45, 7) is 2.03. The summed E-state index contributed by atoms with van der Waals surface area (Å²) in [5.74, 6) is 1.87. The van der Waals surface area contributed by atoms with Gasteiger partial charge in [-0.05, 0) is 31.2 Å². The van der Waals surface area contributed by atoms with Gasteiger partial charge in [-0.15, -0.1) is 0 Å². The Hall–Kier alpha value is -1.27. The van der Waals surface area contributed by atoms with Crippen molar-refractivity contribution in [1.82, 2.24) is 9.55 Å². The molecule has 2 atom stereocenters. The zero-order valence-electron chi connectivity index (χ0n) is 12.9. The van der Waals surface area contributed by atoms with E-state index in [0.717, 1.165) is 12.8 Å². The lowest BCUT2D eigenvalue weighted by atomic mass is 9.97. The Kier molecular flexibility index (Phi) is 5.69. The Labute approximate surface area is 129 Å². The smallest absolute Gasteiger partial charge is 0.330 e. The molecule has 1 saturated heterocycles. The normalized spacial score (nSPS) is 25.4. The van der Waals surface area contributed by atoms with Gasteiger partial charge in [0.1, 0.15) is 6.23 Å². The maximum atomic E-state index is 11.9. The van der Waals surface area contributed by atoms with Gasteiger partial charge in [0.15, 0.2) is 8.38 Å². The van der Waals surface area contributed by atoms with E-state index in [1.807, 2.05) is 18.8 Å². The van der Waals surface area contributed by atoms with Gasteiger partial charge in [0.25, 0.3) is 5.56 Å². The molecule has 0 radical (unpaired) electrons. The van der Waals surface area contributed by atoms with Crippen LogP contribution < -0.4 is 11.2 Å². The average Bonchev–Trinajstić information content (AvgIpc) is 2.93. The van der Waals surface area contributed by atoms with E-state index in [1.165, 1.54) is 16.8 Å². The molecule has 2 unspecified atom stereocenters. The zero-order chi connectivity index (χ0) is 16.2. The summed E-state index contributed by atoms with van der Waals surface area (Å²) in [7, 11) is 2.12. The molecule has 7 nitrogen and oxygen atoms in total. The molecular formula is C14H21N2O5P. The van der Waals surface area contributed by atoms with Crippen LogP contribution in [0.3, 0.4) is 0 Å². The third kappa shape index (κ3) is 3.73. The van der Waals surface area contributed by atoms with Crippen molar-refractivity contribution in [1.29, 1.82) is 0 Å². The molecule has 0 saturated carbocycles. The topological polar surface area (TPSA) is 82.5 Å². The molecule has 122 valence electrons. The summed E-state index contributed by atoms with van der Waals surface area (Å²) >= 11 is 0. The molecule has 2 rings (SSSR count). The molecular weight excluding hydrogens is 307 g/mol. The van der Waals surface area contributed by atoms with E-state index >= 15 is 0 Å². The van der Waals surface area contributed by atoms with Gasteiger partial charge in [-0.1, -0.05) is 6.92 Å². The van der Waals surface area contributed by atoms with Crippen molar-refractivity contribution in [3.05, 3.63) is 45.0 Å². The Balaban J connectivity index is 2.18. The number of nitrogens with one attached hydrogen (secondary N) is 1. The maximum absolute atomic E-state index is 11.9. The number of aromatic nitrogens is 2. The summed E-state index contributed by atoms with van der Waals surface area (Å²) in [6, 6.07) is 1.32. The second-order valence-electron chi connectivity index (χ2n) is 5.01. The highest BCUT2D eigenvalue weighted by molar-refractivity contribution is 7.50. The fourth-order valence-corrected chi connectivity index (χ4v) is 3.29. The van der Waals surface area contributed by atoms with E-state index in [1.54, 1.807) is 14.2 Å². The summed E-state index contributed by atoms with van der Waals surface area (Å²) in [4.78, 5) is 25.2. The molecule has 2 heterocycles. The van der Waals surface area contributed by atoms with Crippen LogP contribution in [0.1, 0.15) is 32.4 Å². The van der Waals surface area contributed by atoms with Crippen LogP contribution >= 0.6 is 8.38 Å². The van der Waals surface area contributed by atoms with Gasteiger partial charge in [-0.25, -0.2) is 4.79 Å². The first-order valence-corrected chi connectivity index (χ1v) is 8.34. The Morgan fingerprint density at radius 2 is 2.23 bits per heavy atom. The Morgan fingerprint density at radius 1 is 1.50 bits per heavy atom. The highest BCUT2D eigenvalue weighted by Gasteiger charge is 2.38. The van der Waals surface area contributed by atoms with Crippen LogP contribution in [-0.2, 0) is 13.8 Å². The minimum atomic E-state index is -1.07. The van der Waals surface area contributed by atoms with E-state index in [4.69, 9.17) is 13.8 Å². The van der Waals surface area contributed by atoms with E-state index in [2.05, 4.69) is 4.98 Å². The third-order valence-corrected chi connectivity index (χ3v) is 4.92. The molecule has 8 heteroatoms. The van der Waals surface area contributed by atoms with Crippen LogP contribution in [0.2, 0.25) is 0 Å². The average molecular weight is 328 g/mol. The Bertz CT molecular complexity index is 637. The predicted molar refractivity (Wildman–Crippen MR) is 83.8 cm³/mol. The van der Waals surface area contributed by atoms with Gasteiger partial charge in [0.2, 0.25) is 0 Å². The summed E-state index contributed by atoms with van der Waals surface area (Å²) in [5, 5.41) is 0. The lowest BCUT2D eigenvalue weighted by Crippen LogP contribution is -2.33. The van der Waals surface area contributed by atoms with Crippen LogP contribution in [0.15, 0.2) is 33.7 Å². The molecule has 1 aromatic heterocycles. The molecule has 1 fully saturated rings. The van der Waals surface area contributed by atoms with Crippen molar-refractivity contribution in [2.75, 3.05) is 14.2 Å². The van der Waals surface area contributed by atoms with Gasteiger partial charge in [0, 0.05) is 26.5 Å². The largest absolute Gasteiger partial charge is 0.347 e. The molecule has 0 amide bonds. The SMILES string of the molecule is CCC1(/C=C/P(OC)OC)CCC(n2ccc(=O)[nH]c2=O)O1. The van der Waals surface area contributed by atoms with Crippen molar-refractivity contribution in [2.24, 2.45) is 0 Å². The molecule has 1 aromatic rings. The standard InChI is InChI=1S/C14H21N2O5P/c1-4-14(8-10-22(19-2)20-3)7-5-12(21-14)16-9-6-11(17)15-13(16)18/h6,8-10,12H,4-5,7H2,1-3H3,(H,15,17,18)/b10-8+. The van der Waals surface area contributed by atoms with E-state index < -0.39 is 25.2 Å². The highest BCUT2D eigenvalue weighted by atomic mass is 31.2. The second-order valence-corrected chi connectivity index (χ2v) is 6.61. The molecule has 1 aliphatic rings. The molecule has 1 N–H and O–H groups in total. The molecule has 1 aliphatic heterocycles. The number of aromatic amines is 1. The van der Waals surface area contributed by atoms with Crippen LogP contribution in [0, 0.1) is 0 Å². The lowest BCUT2D eigenvalue weighted by molar-refractivity contribution is -0.0470. The molecule has 0 spiro atoms. The second kappa shape index (κ2) is 7.33. The number of nitrogens with zero attached hydrogens (tertiary/aromatic N) is 1. The third-order valence-electron chi connectivity index (χ3n) is 3.80. The first-order chi connectivity index (χ1) is 10.5. The molecule has 0 aliphatic carbocycles. The van der Waals surface area contributed by atoms with Crippen molar-refractivity contribution in [3.8, 4) is 0 Å². The predicted octanol–water partition coefficient (Wildman–Crippen LogP) is 2.11. The fraction of sp³-hybridized carbons (Fsp3) is 0.571. The maximum Gasteiger partial charge on any atom is 0.330 e. The lowest BCUT2D eigenvalue weighted by Gasteiger charge is -2.25. The zero-order valence-corrected chi connectivity index (χ0v) is 13.8. The quantitative estimate of drug-likeness (QED) is 0.809. The Morgan fingerprint density at radius 3 is 2.82 bits per heavy atom. The molecule has 0 bridgehead atoms. The van der Waals surface area contributed by atoms with Crippen LogP contribution in [0.25, 0.3) is 0 Å². The minimum Gasteiger partial charge on any atom is -0.347 e. The van der Waals surface area contributed by atoms with E-state index in [0.29, 0.717) is 6.42 Å². The van der Waals surface area contributed by atoms with Gasteiger partial charge >= 0.3 is 5.69 Å². The first kappa shape index (κ1) is 17.1. The fourth-order valence-electron chi connectivity index (χ4n) is 2.50. The minimum absolute atomic E-state index is 0.384. The van der Waals surface area contributed by atoms with Crippen molar-refractivity contribution < 1.29 is 13.8 Å². The molecule has 22 heavy (non-hydrogen) atoms. The van der Waals surface area contributed by atoms with Crippen LogP contribution in [0.5, 0.6) is 0 Å². The van der Waals surface area contributed by atoms with Gasteiger partial charge in [-0.3, -0.25) is 14.3 Å². The number of hydrogen-bond donors (Lipinski definition) is 1. The summed E-state index contributed by atoms with van der Waals surface area (Å²) in [5.41, 5.74) is -1.31. The van der Waals surface area contributed by atoms with Gasteiger partial charge in [0.05, 0.1) is 5.60 Å². The van der Waals surface area contributed by atoms with Crippen molar-refractivity contribution in [2.45, 2.75) is 38.0 Å². The van der Waals surface area contributed by atoms with E-state index in [9.17, 15) is 9.59 Å². The summed E-state index contributed by atoms with van der Waals surface area (Å²) in [6.07, 6.45) is 5.30. The number of rotatable bonds is 6. The number of H-pyrrole nitrogens is 1. The van der Waals surface area contributed by atoms with E-state index in [-0.39, 0.29) is 6.23 Å². The van der Waals surface area contributed by atoms with Crippen LogP contribution in [0.4, 0.5) is 0 Å². The van der Waals surface area contributed by atoms with Gasteiger partial charge in [-0.2, -0.15) is 0 Å². The number of hydrogen-bond acceptors (Lipinski definition) is 5. The molecule has 0 aromatic carbocycles. The highest BCUT2D eigenvalue weighted by Crippen LogP contribution is 2.43. The number of ether oxygens (including phenoxy) is 1.